The molecule has 110 valence electrons. The molecule has 0 aliphatic heterocycles. The van der Waals surface area contributed by atoms with Gasteiger partial charge in [0.1, 0.15) is 23.7 Å². The molecule has 1 heterocycles. The summed E-state index contributed by atoms with van der Waals surface area (Å²) in [4.78, 5) is 11.1. The lowest BCUT2D eigenvalue weighted by Gasteiger charge is -2.08. The summed E-state index contributed by atoms with van der Waals surface area (Å²) >= 11 is 0. The molecule has 0 amide bonds. The lowest BCUT2D eigenvalue weighted by atomic mass is 10.1. The van der Waals surface area contributed by atoms with E-state index in [1.165, 1.54) is 6.07 Å². The predicted molar refractivity (Wildman–Crippen MR) is 82.7 cm³/mol. The monoisotopic (exact) mass is 295 g/mol. The molecule has 0 aliphatic carbocycles. The van der Waals surface area contributed by atoms with Gasteiger partial charge in [0.15, 0.2) is 0 Å². The Morgan fingerprint density at radius 3 is 2.68 bits per heavy atom. The average Bonchev–Trinajstić information content (AvgIpc) is 2.56. The van der Waals surface area contributed by atoms with Gasteiger partial charge < -0.3 is 14.4 Å². The molecular weight excluding hydrogens is 282 g/mol. The first kappa shape index (κ1) is 13.9. The van der Waals surface area contributed by atoms with Crippen LogP contribution >= 0.6 is 0 Å². The van der Waals surface area contributed by atoms with Gasteiger partial charge in [0.2, 0.25) is 0 Å². The molecule has 0 saturated carbocycles. The summed E-state index contributed by atoms with van der Waals surface area (Å²) in [6.07, 6.45) is 0. The van der Waals surface area contributed by atoms with Gasteiger partial charge in [-0.1, -0.05) is 35.5 Å². The maximum Gasteiger partial charge on any atom is 0.336 e. The van der Waals surface area contributed by atoms with E-state index in [2.05, 4.69) is 5.16 Å². The van der Waals surface area contributed by atoms with Crippen LogP contribution in [0.15, 0.2) is 75.0 Å². The van der Waals surface area contributed by atoms with Crippen molar-refractivity contribution >= 4 is 16.7 Å². The second-order valence-corrected chi connectivity index (χ2v) is 4.66. The van der Waals surface area contributed by atoms with E-state index >= 15 is 0 Å². The maximum absolute atomic E-state index is 11.1. The number of benzene rings is 2. The Balaban J connectivity index is 1.78. The number of nitrogens with zero attached hydrogens (tertiary/aromatic N) is 1. The van der Waals surface area contributed by atoms with Crippen molar-refractivity contribution in [1.82, 2.24) is 0 Å². The van der Waals surface area contributed by atoms with Crippen molar-refractivity contribution in [2.24, 2.45) is 5.16 Å². The third-order valence-corrected chi connectivity index (χ3v) is 3.19. The first-order valence-electron chi connectivity index (χ1n) is 6.69. The van der Waals surface area contributed by atoms with Crippen LogP contribution in [0.5, 0.6) is 5.75 Å². The Morgan fingerprint density at radius 1 is 1.09 bits per heavy atom. The van der Waals surface area contributed by atoms with Gasteiger partial charge in [-0.15, -0.1) is 0 Å². The molecule has 5 heteroatoms. The summed E-state index contributed by atoms with van der Waals surface area (Å²) in [5, 5.41) is 13.2. The van der Waals surface area contributed by atoms with Gasteiger partial charge in [-0.2, -0.15) is 0 Å². The highest BCUT2D eigenvalue weighted by Crippen LogP contribution is 2.19. The van der Waals surface area contributed by atoms with E-state index in [1.807, 2.05) is 30.3 Å². The van der Waals surface area contributed by atoms with Gasteiger partial charge in [0.25, 0.3) is 0 Å². The highest BCUT2D eigenvalue weighted by atomic mass is 16.5. The van der Waals surface area contributed by atoms with E-state index in [0.717, 1.165) is 10.9 Å². The molecule has 2 aromatic carbocycles. The quantitative estimate of drug-likeness (QED) is 0.347. The molecule has 0 aliphatic rings. The molecule has 0 radical (unpaired) electrons. The SMILES string of the molecule is O=c1ccc2cc(OC/C(=N\O)c3ccccc3)ccc2o1. The minimum Gasteiger partial charge on any atom is -0.487 e. The molecule has 0 unspecified atom stereocenters. The fraction of sp³-hybridized carbons (Fsp3) is 0.0588. The molecule has 0 atom stereocenters. The smallest absolute Gasteiger partial charge is 0.336 e. The summed E-state index contributed by atoms with van der Waals surface area (Å²) < 4.78 is 10.7. The Labute approximate surface area is 126 Å². The van der Waals surface area contributed by atoms with Crippen LogP contribution < -0.4 is 10.4 Å². The van der Waals surface area contributed by atoms with E-state index in [1.54, 1.807) is 24.3 Å². The molecule has 3 rings (SSSR count). The first-order valence-corrected chi connectivity index (χ1v) is 6.69. The summed E-state index contributed by atoms with van der Waals surface area (Å²) in [7, 11) is 0. The van der Waals surface area contributed by atoms with E-state index in [0.29, 0.717) is 17.0 Å². The predicted octanol–water partition coefficient (Wildman–Crippen LogP) is 3.05. The molecule has 0 spiro atoms. The van der Waals surface area contributed by atoms with E-state index in [9.17, 15) is 4.79 Å². The third-order valence-electron chi connectivity index (χ3n) is 3.19. The molecule has 1 N–H and O–H groups in total. The summed E-state index contributed by atoms with van der Waals surface area (Å²) in [6, 6.07) is 17.4. The summed E-state index contributed by atoms with van der Waals surface area (Å²) in [6.45, 7) is 0.128. The molecule has 0 saturated heterocycles. The lowest BCUT2D eigenvalue weighted by Crippen LogP contribution is -2.13. The van der Waals surface area contributed by atoms with Crippen LogP contribution in [0.3, 0.4) is 0 Å². The topological polar surface area (TPSA) is 72.0 Å². The van der Waals surface area contributed by atoms with Crippen LogP contribution in [0.1, 0.15) is 5.56 Å². The Morgan fingerprint density at radius 2 is 1.91 bits per heavy atom. The average molecular weight is 295 g/mol. The molecule has 5 nitrogen and oxygen atoms in total. The van der Waals surface area contributed by atoms with Crippen molar-refractivity contribution in [2.45, 2.75) is 0 Å². The Kier molecular flexibility index (Phi) is 3.87. The van der Waals surface area contributed by atoms with E-state index in [4.69, 9.17) is 14.4 Å². The van der Waals surface area contributed by atoms with Crippen molar-refractivity contribution < 1.29 is 14.4 Å². The van der Waals surface area contributed by atoms with Crippen LogP contribution in [0.4, 0.5) is 0 Å². The fourth-order valence-electron chi connectivity index (χ4n) is 2.09. The van der Waals surface area contributed by atoms with Gasteiger partial charge in [-0.3, -0.25) is 0 Å². The number of hydrogen-bond acceptors (Lipinski definition) is 5. The Hall–Kier alpha value is -3.08. The largest absolute Gasteiger partial charge is 0.487 e. The van der Waals surface area contributed by atoms with E-state index in [-0.39, 0.29) is 12.2 Å². The highest BCUT2D eigenvalue weighted by Gasteiger charge is 2.06. The Bertz CT molecular complexity index is 868. The molecule has 1 aromatic heterocycles. The summed E-state index contributed by atoms with van der Waals surface area (Å²) in [5.74, 6) is 0.596. The second-order valence-electron chi connectivity index (χ2n) is 4.66. The molecule has 3 aromatic rings. The zero-order valence-electron chi connectivity index (χ0n) is 11.6. The van der Waals surface area contributed by atoms with Crippen molar-refractivity contribution in [3.63, 3.8) is 0 Å². The van der Waals surface area contributed by atoms with Crippen molar-refractivity contribution in [1.29, 1.82) is 0 Å². The number of fused-ring (bicyclic) bond motifs is 1. The fourth-order valence-corrected chi connectivity index (χ4v) is 2.09. The normalized spacial score (nSPS) is 11.5. The standard InChI is InChI=1S/C17H13NO4/c19-17-9-6-13-10-14(7-8-16(13)22-17)21-11-15(18-20)12-4-2-1-3-5-12/h1-10,20H,11H2/b18-15+. The highest BCUT2D eigenvalue weighted by molar-refractivity contribution is 6.01. The minimum absolute atomic E-state index is 0.128. The van der Waals surface area contributed by atoms with Crippen molar-refractivity contribution in [2.75, 3.05) is 6.61 Å². The van der Waals surface area contributed by atoms with Crippen LogP contribution in [0.25, 0.3) is 11.0 Å². The maximum atomic E-state index is 11.1. The van der Waals surface area contributed by atoms with Crippen LogP contribution in [-0.2, 0) is 0 Å². The van der Waals surface area contributed by atoms with Gasteiger partial charge in [0, 0.05) is 17.0 Å². The van der Waals surface area contributed by atoms with Gasteiger partial charge in [-0.05, 0) is 24.3 Å². The van der Waals surface area contributed by atoms with Crippen LogP contribution in [0, 0.1) is 0 Å². The first-order chi connectivity index (χ1) is 10.8. The summed E-state index contributed by atoms with van der Waals surface area (Å²) in [5.41, 5.74) is 1.33. The molecule has 0 bridgehead atoms. The van der Waals surface area contributed by atoms with Crippen LogP contribution in [-0.4, -0.2) is 17.5 Å². The third kappa shape index (κ3) is 2.98. The van der Waals surface area contributed by atoms with Gasteiger partial charge in [0.05, 0.1) is 0 Å². The van der Waals surface area contributed by atoms with Gasteiger partial charge in [-0.25, -0.2) is 4.79 Å². The van der Waals surface area contributed by atoms with Crippen molar-refractivity contribution in [3.8, 4) is 5.75 Å². The zero-order chi connectivity index (χ0) is 15.4. The second kappa shape index (κ2) is 6.13. The van der Waals surface area contributed by atoms with Crippen molar-refractivity contribution in [3.05, 3.63) is 76.6 Å². The van der Waals surface area contributed by atoms with Crippen LogP contribution in [0.2, 0.25) is 0 Å². The number of hydrogen-bond donors (Lipinski definition) is 1. The van der Waals surface area contributed by atoms with Gasteiger partial charge >= 0.3 is 5.63 Å². The number of rotatable bonds is 4. The molecular formula is C17H13NO4. The van der Waals surface area contributed by atoms with E-state index < -0.39 is 0 Å². The molecule has 22 heavy (non-hydrogen) atoms. The molecule has 0 fully saturated rings. The number of ether oxygens (including phenoxy) is 1. The minimum atomic E-state index is -0.389. The number of oxime groups is 1. The lowest BCUT2D eigenvalue weighted by molar-refractivity contribution is 0.308. The zero-order valence-corrected chi connectivity index (χ0v) is 11.6.